The van der Waals surface area contributed by atoms with Crippen molar-refractivity contribution in [1.82, 2.24) is 9.78 Å². The lowest BCUT2D eigenvalue weighted by Gasteiger charge is -2.05. The van der Waals surface area contributed by atoms with Crippen LogP contribution in [0.4, 0.5) is 0 Å². The van der Waals surface area contributed by atoms with Gasteiger partial charge in [0.05, 0.1) is 19.0 Å². The lowest BCUT2D eigenvalue weighted by molar-refractivity contribution is 0.0686. The number of carbonyl (C=O) groups is 1. The summed E-state index contributed by atoms with van der Waals surface area (Å²) < 4.78 is 6.22. The van der Waals surface area contributed by atoms with Crippen LogP contribution in [-0.2, 0) is 0 Å². The summed E-state index contributed by atoms with van der Waals surface area (Å²) in [6.07, 6.45) is 1.23. The van der Waals surface area contributed by atoms with Crippen LogP contribution in [0.15, 0.2) is 30.5 Å². The third-order valence-corrected chi connectivity index (χ3v) is 2.41. The normalized spacial score (nSPS) is 9.78. The summed E-state index contributed by atoms with van der Waals surface area (Å²) in [5, 5.41) is 21.8. The van der Waals surface area contributed by atoms with E-state index in [0.717, 1.165) is 0 Å². The van der Waals surface area contributed by atoms with E-state index in [-0.39, 0.29) is 11.3 Å². The van der Waals surface area contributed by atoms with Crippen molar-refractivity contribution < 1.29 is 14.6 Å². The predicted molar refractivity (Wildman–Crippen MR) is 61.8 cm³/mol. The van der Waals surface area contributed by atoms with Crippen molar-refractivity contribution >= 4 is 5.97 Å². The third-order valence-electron chi connectivity index (χ3n) is 2.41. The number of methoxy groups -OCH3 is 1. The molecule has 0 fully saturated rings. The van der Waals surface area contributed by atoms with Crippen LogP contribution < -0.4 is 4.74 Å². The molecule has 0 bridgehead atoms. The van der Waals surface area contributed by atoms with E-state index in [1.807, 2.05) is 0 Å². The van der Waals surface area contributed by atoms with Crippen LogP contribution >= 0.6 is 0 Å². The fourth-order valence-electron chi connectivity index (χ4n) is 1.56. The lowest BCUT2D eigenvalue weighted by atomic mass is 10.2. The number of nitriles is 1. The summed E-state index contributed by atoms with van der Waals surface area (Å²) in [5.41, 5.74) is 0.427. The molecule has 90 valence electrons. The molecule has 0 atom stereocenters. The standard InChI is InChI=1S/C12H9N3O3/c1-18-10-4-2-9(3-5-10)15-11(12(16)17)8(6-13)7-14-15/h2-5,7H,1H3,(H,16,17). The molecule has 0 amide bonds. The first-order valence-electron chi connectivity index (χ1n) is 5.03. The van der Waals surface area contributed by atoms with Crippen molar-refractivity contribution in [2.75, 3.05) is 7.11 Å². The molecule has 0 saturated heterocycles. The number of aromatic carboxylic acids is 1. The average molecular weight is 243 g/mol. The number of nitrogens with zero attached hydrogens (tertiary/aromatic N) is 3. The summed E-state index contributed by atoms with van der Waals surface area (Å²) in [6.45, 7) is 0. The van der Waals surface area contributed by atoms with E-state index in [2.05, 4.69) is 5.10 Å². The molecule has 1 heterocycles. The van der Waals surface area contributed by atoms with E-state index in [9.17, 15) is 4.79 Å². The van der Waals surface area contributed by atoms with Gasteiger partial charge in [-0.3, -0.25) is 0 Å². The minimum Gasteiger partial charge on any atom is -0.497 e. The average Bonchev–Trinajstić information content (AvgIpc) is 2.82. The first-order chi connectivity index (χ1) is 8.67. The van der Waals surface area contributed by atoms with Crippen LogP contribution in [0.3, 0.4) is 0 Å². The first-order valence-corrected chi connectivity index (χ1v) is 5.03. The Bertz CT molecular complexity index is 623. The van der Waals surface area contributed by atoms with Gasteiger partial charge < -0.3 is 9.84 Å². The summed E-state index contributed by atoms with van der Waals surface area (Å²) in [7, 11) is 1.54. The number of rotatable bonds is 3. The molecule has 0 unspecified atom stereocenters. The predicted octanol–water partition coefficient (Wildman–Crippen LogP) is 1.45. The second-order valence-electron chi connectivity index (χ2n) is 3.43. The van der Waals surface area contributed by atoms with Gasteiger partial charge in [0.25, 0.3) is 0 Å². The Labute approximate surface area is 103 Å². The molecule has 6 heteroatoms. The smallest absolute Gasteiger partial charge is 0.356 e. The largest absolute Gasteiger partial charge is 0.497 e. The van der Waals surface area contributed by atoms with E-state index in [1.165, 1.54) is 10.9 Å². The van der Waals surface area contributed by atoms with Crippen LogP contribution in [0.2, 0.25) is 0 Å². The Balaban J connectivity index is 2.53. The molecule has 0 aliphatic rings. The molecule has 0 aliphatic heterocycles. The van der Waals surface area contributed by atoms with Crippen LogP contribution in [-0.4, -0.2) is 28.0 Å². The number of carboxylic acids is 1. The van der Waals surface area contributed by atoms with E-state index >= 15 is 0 Å². The molecule has 2 aromatic rings. The molecule has 1 N–H and O–H groups in total. The van der Waals surface area contributed by atoms with E-state index < -0.39 is 5.97 Å². The maximum Gasteiger partial charge on any atom is 0.356 e. The van der Waals surface area contributed by atoms with Crippen molar-refractivity contribution in [3.63, 3.8) is 0 Å². The number of aromatic nitrogens is 2. The highest BCUT2D eigenvalue weighted by atomic mass is 16.5. The molecule has 0 spiro atoms. The lowest BCUT2D eigenvalue weighted by Crippen LogP contribution is -2.09. The van der Waals surface area contributed by atoms with Gasteiger partial charge in [0.1, 0.15) is 17.4 Å². The van der Waals surface area contributed by atoms with Crippen LogP contribution in [0.1, 0.15) is 16.1 Å². The monoisotopic (exact) mass is 243 g/mol. The highest BCUT2D eigenvalue weighted by Gasteiger charge is 2.18. The van der Waals surface area contributed by atoms with Crippen molar-refractivity contribution in [2.24, 2.45) is 0 Å². The highest BCUT2D eigenvalue weighted by molar-refractivity contribution is 5.89. The zero-order valence-corrected chi connectivity index (χ0v) is 9.49. The topological polar surface area (TPSA) is 88.1 Å². The van der Waals surface area contributed by atoms with Gasteiger partial charge in [-0.05, 0) is 24.3 Å². The molecule has 18 heavy (non-hydrogen) atoms. The second kappa shape index (κ2) is 4.59. The van der Waals surface area contributed by atoms with E-state index in [0.29, 0.717) is 11.4 Å². The Morgan fingerprint density at radius 1 is 1.44 bits per heavy atom. The molecule has 0 radical (unpaired) electrons. The van der Waals surface area contributed by atoms with Gasteiger partial charge in [-0.15, -0.1) is 0 Å². The van der Waals surface area contributed by atoms with Gasteiger partial charge >= 0.3 is 5.97 Å². The maximum atomic E-state index is 11.1. The summed E-state index contributed by atoms with van der Waals surface area (Å²) in [4.78, 5) is 11.1. The number of carboxylic acid groups (broad SMARTS) is 1. The van der Waals surface area contributed by atoms with E-state index in [4.69, 9.17) is 15.1 Å². The molecule has 0 saturated carbocycles. The summed E-state index contributed by atoms with van der Waals surface area (Å²) >= 11 is 0. The summed E-state index contributed by atoms with van der Waals surface area (Å²) in [6, 6.07) is 8.51. The van der Waals surface area contributed by atoms with Gasteiger partial charge in [-0.1, -0.05) is 0 Å². The Kier molecular flexibility index (Phi) is 2.98. The zero-order chi connectivity index (χ0) is 13.1. The molecular formula is C12H9N3O3. The molecular weight excluding hydrogens is 234 g/mol. The molecule has 2 rings (SSSR count). The summed E-state index contributed by atoms with van der Waals surface area (Å²) in [5.74, 6) is -0.539. The maximum absolute atomic E-state index is 11.1. The molecule has 6 nitrogen and oxygen atoms in total. The quantitative estimate of drug-likeness (QED) is 0.881. The second-order valence-corrected chi connectivity index (χ2v) is 3.43. The first kappa shape index (κ1) is 11.7. The van der Waals surface area contributed by atoms with E-state index in [1.54, 1.807) is 37.4 Å². The number of hydrogen-bond donors (Lipinski definition) is 1. The van der Waals surface area contributed by atoms with Crippen LogP contribution in [0.25, 0.3) is 5.69 Å². The Morgan fingerprint density at radius 3 is 2.61 bits per heavy atom. The fourth-order valence-corrected chi connectivity index (χ4v) is 1.56. The SMILES string of the molecule is COc1ccc(-n2ncc(C#N)c2C(=O)O)cc1. The third kappa shape index (κ3) is 1.89. The Hall–Kier alpha value is -2.81. The van der Waals surface area contributed by atoms with Gasteiger partial charge in [-0.2, -0.15) is 10.4 Å². The van der Waals surface area contributed by atoms with Gasteiger partial charge in [0.2, 0.25) is 0 Å². The van der Waals surface area contributed by atoms with Crippen molar-refractivity contribution in [3.05, 3.63) is 41.7 Å². The molecule has 1 aromatic carbocycles. The number of ether oxygens (including phenoxy) is 1. The van der Waals surface area contributed by atoms with Gasteiger partial charge in [0, 0.05) is 0 Å². The van der Waals surface area contributed by atoms with Crippen LogP contribution in [0.5, 0.6) is 5.75 Å². The van der Waals surface area contributed by atoms with Gasteiger partial charge in [-0.25, -0.2) is 9.48 Å². The fraction of sp³-hybridized carbons (Fsp3) is 0.0833. The Morgan fingerprint density at radius 2 is 2.11 bits per heavy atom. The van der Waals surface area contributed by atoms with Crippen molar-refractivity contribution in [2.45, 2.75) is 0 Å². The molecule has 0 aliphatic carbocycles. The minimum absolute atomic E-state index is 0.0262. The highest BCUT2D eigenvalue weighted by Crippen LogP contribution is 2.18. The minimum atomic E-state index is -1.19. The van der Waals surface area contributed by atoms with Crippen molar-refractivity contribution in [3.8, 4) is 17.5 Å². The zero-order valence-electron chi connectivity index (χ0n) is 9.49. The van der Waals surface area contributed by atoms with Gasteiger partial charge in [0.15, 0.2) is 5.69 Å². The number of hydrogen-bond acceptors (Lipinski definition) is 4. The van der Waals surface area contributed by atoms with Crippen LogP contribution in [0, 0.1) is 11.3 Å². The van der Waals surface area contributed by atoms with Crippen molar-refractivity contribution in [1.29, 1.82) is 5.26 Å². The molecule has 1 aromatic heterocycles. The number of benzene rings is 1.